The molecule has 1 rings (SSSR count). The maximum Gasteiger partial charge on any atom is 0.327 e. The number of nitrogens with one attached hydrogen (secondary N) is 1. The van der Waals surface area contributed by atoms with Crippen molar-refractivity contribution in [3.8, 4) is 0 Å². The molecule has 0 radical (unpaired) electrons. The van der Waals surface area contributed by atoms with Crippen molar-refractivity contribution in [2.45, 2.75) is 99.0 Å². The van der Waals surface area contributed by atoms with Gasteiger partial charge in [0.05, 0.1) is 78.9 Å². The maximum absolute atomic E-state index is 11.8. The molecule has 1 amide bonds. The summed E-state index contributed by atoms with van der Waals surface area (Å²) >= 11 is 0. The highest BCUT2D eigenvalue weighted by molar-refractivity contribution is 7.52. The van der Waals surface area contributed by atoms with E-state index in [9.17, 15) is 14.3 Å². The van der Waals surface area contributed by atoms with Crippen molar-refractivity contribution < 1.29 is 42.5 Å². The van der Waals surface area contributed by atoms with E-state index in [1.807, 2.05) is 27.1 Å². The molecule has 1 aromatic rings. The number of hydrogen-bond donors (Lipinski definition) is 2. The molecule has 0 aliphatic rings. The molecule has 1 aromatic heterocycles. The zero-order valence-electron chi connectivity index (χ0n) is 29.1. The second-order valence-corrected chi connectivity index (χ2v) is 12.1. The lowest BCUT2D eigenvalue weighted by atomic mass is 10.2. The lowest BCUT2D eigenvalue weighted by Crippen LogP contribution is -2.25. The molecule has 0 aromatic carbocycles. The summed E-state index contributed by atoms with van der Waals surface area (Å²) in [7, 11) is -1.57. The Hall–Kier alpha value is -1.44. The second kappa shape index (κ2) is 35.4. The Bertz CT molecular complexity index is 799. The molecule has 0 spiro atoms. The van der Waals surface area contributed by atoms with Gasteiger partial charge < -0.3 is 38.4 Å². The monoisotopic (exact) mass is 668 g/mol. The second-order valence-electron chi connectivity index (χ2n) is 9.89. The average Bonchev–Trinajstić information content (AvgIpc) is 3.46. The van der Waals surface area contributed by atoms with Crippen molar-refractivity contribution in [1.29, 1.82) is 0 Å². The highest BCUT2D eigenvalue weighted by atomic mass is 31.2. The molecule has 1 atom stereocenters. The molecule has 0 aliphatic carbocycles. The summed E-state index contributed by atoms with van der Waals surface area (Å²) in [5.41, 5.74) is 0.788. The molecule has 1 heterocycles. The van der Waals surface area contributed by atoms with Crippen LogP contribution in [-0.2, 0) is 51.2 Å². The fourth-order valence-corrected chi connectivity index (χ4v) is 3.97. The van der Waals surface area contributed by atoms with Crippen molar-refractivity contribution in [3.63, 3.8) is 0 Å². The standard InChI is InChI=1S/C23H45N4O9P.C6H14.C2H6/c1-3-37(29,30)36-10-7-5-4-6-9-24-23(28)8-11-31-12-13-32-14-15-33-16-17-34-18-19-35-21-22-20-27(2)26-25-22;1-3-5-6-4-2;1-2/h20H,3-19,21H2,1-2H3,(H,24,28)(H,29,30);3-6H2,1-2H3;1-2H3. The lowest BCUT2D eigenvalue weighted by Gasteiger charge is -2.09. The van der Waals surface area contributed by atoms with Crippen LogP contribution in [0, 0.1) is 0 Å². The number of aryl methyl sites for hydroxylation is 1. The zero-order valence-corrected chi connectivity index (χ0v) is 30.0. The fraction of sp³-hybridized carbons (Fsp3) is 0.903. The van der Waals surface area contributed by atoms with E-state index in [1.54, 1.807) is 11.6 Å². The summed E-state index contributed by atoms with van der Waals surface area (Å²) < 4.78 is 45.0. The van der Waals surface area contributed by atoms with Crippen LogP contribution in [0.4, 0.5) is 0 Å². The number of aromatic nitrogens is 3. The Kier molecular flexibility index (Phi) is 36.0. The van der Waals surface area contributed by atoms with Crippen LogP contribution in [0.2, 0.25) is 0 Å². The van der Waals surface area contributed by atoms with E-state index in [4.69, 9.17) is 28.2 Å². The van der Waals surface area contributed by atoms with E-state index in [0.29, 0.717) is 85.6 Å². The predicted molar refractivity (Wildman–Crippen MR) is 178 cm³/mol. The third kappa shape index (κ3) is 35.3. The van der Waals surface area contributed by atoms with E-state index in [0.717, 1.165) is 31.4 Å². The molecule has 268 valence electrons. The summed E-state index contributed by atoms with van der Waals surface area (Å²) in [5.74, 6) is -0.0406. The maximum atomic E-state index is 11.8. The van der Waals surface area contributed by atoms with Gasteiger partial charge in [-0.1, -0.05) is 78.4 Å². The molecule has 0 saturated heterocycles. The van der Waals surface area contributed by atoms with Gasteiger partial charge in [-0.25, -0.2) is 0 Å². The van der Waals surface area contributed by atoms with Gasteiger partial charge in [0.25, 0.3) is 0 Å². The van der Waals surface area contributed by atoms with E-state index in [-0.39, 0.29) is 12.1 Å². The van der Waals surface area contributed by atoms with Gasteiger partial charge >= 0.3 is 7.60 Å². The molecule has 14 heteroatoms. The minimum Gasteiger partial charge on any atom is -0.379 e. The Morgan fingerprint density at radius 1 is 0.778 bits per heavy atom. The summed E-state index contributed by atoms with van der Waals surface area (Å²) in [5, 5.41) is 10.6. The quantitative estimate of drug-likeness (QED) is 0.0845. The van der Waals surface area contributed by atoms with Crippen molar-refractivity contribution in [2.24, 2.45) is 7.05 Å². The molecular formula is C31H65N4O9P. The first-order valence-electron chi connectivity index (χ1n) is 16.8. The number of ether oxygens (including phenoxy) is 5. The summed E-state index contributed by atoms with van der Waals surface area (Å²) in [6, 6.07) is 0. The summed E-state index contributed by atoms with van der Waals surface area (Å²) in [6.07, 6.45) is 11.2. The van der Waals surface area contributed by atoms with Crippen molar-refractivity contribution in [3.05, 3.63) is 11.9 Å². The molecule has 13 nitrogen and oxygen atoms in total. The third-order valence-corrected chi connectivity index (χ3v) is 7.29. The number of nitrogens with zero attached hydrogens (tertiary/aromatic N) is 3. The topological polar surface area (TPSA) is 152 Å². The van der Waals surface area contributed by atoms with Gasteiger partial charge in [0.1, 0.15) is 5.69 Å². The summed E-state index contributed by atoms with van der Waals surface area (Å²) in [6.45, 7) is 15.5. The Morgan fingerprint density at radius 3 is 1.78 bits per heavy atom. The van der Waals surface area contributed by atoms with Crippen LogP contribution in [-0.4, -0.2) is 105 Å². The Morgan fingerprint density at radius 2 is 1.29 bits per heavy atom. The zero-order chi connectivity index (χ0) is 33.9. The van der Waals surface area contributed by atoms with Crippen molar-refractivity contribution in [1.82, 2.24) is 20.3 Å². The molecule has 0 saturated carbocycles. The van der Waals surface area contributed by atoms with E-state index < -0.39 is 7.60 Å². The number of amides is 1. The Labute approximate surface area is 272 Å². The average molecular weight is 669 g/mol. The largest absolute Gasteiger partial charge is 0.379 e. The summed E-state index contributed by atoms with van der Waals surface area (Å²) in [4.78, 5) is 21.1. The van der Waals surface area contributed by atoms with Gasteiger partial charge in [-0.15, -0.1) is 5.10 Å². The number of unbranched alkanes of at least 4 members (excludes halogenated alkanes) is 6. The molecule has 2 N–H and O–H groups in total. The minimum absolute atomic E-state index is 0.0406. The SMILES string of the molecule is CC.CCCCCC.CCP(=O)(O)OCCCCCCNC(=O)CCOCCOCCOCCOCCOCc1cn(C)nn1. The minimum atomic E-state index is -3.38. The highest BCUT2D eigenvalue weighted by Crippen LogP contribution is 2.41. The molecule has 0 aliphatic heterocycles. The van der Waals surface area contributed by atoms with E-state index in [2.05, 4.69) is 29.5 Å². The molecule has 0 fully saturated rings. The number of carbonyl (C=O) groups excluding carboxylic acids is 1. The van der Waals surface area contributed by atoms with Gasteiger partial charge in [0.15, 0.2) is 0 Å². The fourth-order valence-electron chi connectivity index (χ4n) is 3.38. The van der Waals surface area contributed by atoms with Crippen LogP contribution >= 0.6 is 7.60 Å². The van der Waals surface area contributed by atoms with Gasteiger partial charge in [-0.05, 0) is 12.8 Å². The van der Waals surface area contributed by atoms with Crippen LogP contribution in [0.5, 0.6) is 0 Å². The van der Waals surface area contributed by atoms with Crippen LogP contribution < -0.4 is 5.32 Å². The third-order valence-electron chi connectivity index (χ3n) is 5.90. The van der Waals surface area contributed by atoms with Crippen molar-refractivity contribution in [2.75, 3.05) is 78.8 Å². The van der Waals surface area contributed by atoms with Crippen LogP contribution in [0.15, 0.2) is 6.20 Å². The van der Waals surface area contributed by atoms with Gasteiger partial charge in [-0.3, -0.25) is 14.0 Å². The first-order valence-corrected chi connectivity index (χ1v) is 18.6. The number of rotatable bonds is 29. The predicted octanol–water partition coefficient (Wildman–Crippen LogP) is 5.30. The number of hydrogen-bond acceptors (Lipinski definition) is 10. The first kappa shape index (κ1) is 45.7. The molecular weight excluding hydrogens is 603 g/mol. The van der Waals surface area contributed by atoms with E-state index >= 15 is 0 Å². The first-order chi connectivity index (χ1) is 21.8. The van der Waals surface area contributed by atoms with Crippen LogP contribution in [0.3, 0.4) is 0 Å². The van der Waals surface area contributed by atoms with Crippen LogP contribution in [0.25, 0.3) is 0 Å². The van der Waals surface area contributed by atoms with Crippen LogP contribution in [0.1, 0.15) is 98.1 Å². The molecule has 0 bridgehead atoms. The van der Waals surface area contributed by atoms with Gasteiger partial charge in [0, 0.05) is 26.2 Å². The molecule has 45 heavy (non-hydrogen) atoms. The van der Waals surface area contributed by atoms with Crippen molar-refractivity contribution >= 4 is 13.5 Å². The Balaban J connectivity index is 0. The normalized spacial score (nSPS) is 12.1. The lowest BCUT2D eigenvalue weighted by molar-refractivity contribution is -0.122. The van der Waals surface area contributed by atoms with Gasteiger partial charge in [-0.2, -0.15) is 0 Å². The van der Waals surface area contributed by atoms with Gasteiger partial charge in [0.2, 0.25) is 5.91 Å². The molecule has 1 unspecified atom stereocenters. The highest BCUT2D eigenvalue weighted by Gasteiger charge is 2.14. The van der Waals surface area contributed by atoms with E-state index in [1.165, 1.54) is 25.7 Å². The smallest absolute Gasteiger partial charge is 0.327 e. The number of carbonyl (C=O) groups is 1.